The maximum absolute atomic E-state index is 12.3. The van der Waals surface area contributed by atoms with Crippen LogP contribution >= 0.6 is 11.6 Å². The molecule has 2 aromatic rings. The normalized spacial score (nSPS) is 12.8. The smallest absolute Gasteiger partial charge is 0.261 e. The molecule has 0 aliphatic carbocycles. The van der Waals surface area contributed by atoms with Gasteiger partial charge in [-0.25, -0.2) is 0 Å². The average Bonchev–Trinajstić information content (AvgIpc) is 2.99. The van der Waals surface area contributed by atoms with E-state index in [2.05, 4.69) is 0 Å². The largest absolute Gasteiger partial charge is 0.494 e. The molecule has 30 heavy (non-hydrogen) atoms. The second kappa shape index (κ2) is 10.3. The van der Waals surface area contributed by atoms with Gasteiger partial charge in [0.2, 0.25) is 5.91 Å². The maximum atomic E-state index is 12.3. The van der Waals surface area contributed by atoms with Crippen LogP contribution in [0.2, 0.25) is 5.02 Å². The number of carbonyl (C=O) groups excluding carboxylic acids is 3. The first kappa shape index (κ1) is 21.8. The number of imide groups is 1. The van der Waals surface area contributed by atoms with Crippen molar-refractivity contribution in [3.05, 3.63) is 64.7 Å². The first-order valence-electron chi connectivity index (χ1n) is 10.0. The van der Waals surface area contributed by atoms with Crippen molar-refractivity contribution in [3.63, 3.8) is 0 Å². The molecular formula is C23H25ClN2O4. The number of nitrogens with zero attached hydrogens (tertiary/aromatic N) is 2. The molecule has 0 saturated carbocycles. The summed E-state index contributed by atoms with van der Waals surface area (Å²) in [5.41, 5.74) is 0.874. The van der Waals surface area contributed by atoms with Crippen LogP contribution in [0, 0.1) is 0 Å². The van der Waals surface area contributed by atoms with Crippen LogP contribution in [-0.2, 0) is 4.79 Å². The lowest BCUT2D eigenvalue weighted by Crippen LogP contribution is -2.32. The topological polar surface area (TPSA) is 66.9 Å². The zero-order valence-electron chi connectivity index (χ0n) is 17.0. The van der Waals surface area contributed by atoms with Crippen LogP contribution in [0.25, 0.3) is 0 Å². The number of hydrogen-bond acceptors (Lipinski definition) is 4. The summed E-state index contributed by atoms with van der Waals surface area (Å²) in [5, 5.41) is 0.672. The van der Waals surface area contributed by atoms with E-state index in [4.69, 9.17) is 16.3 Å². The molecule has 3 amide bonds. The SMILES string of the molecule is CN(CCCCOc1ccc(Cl)cc1)C(=O)CCCN1C(=O)c2ccccc2C1=O. The molecule has 0 aromatic heterocycles. The Morgan fingerprint density at radius 2 is 1.60 bits per heavy atom. The Balaban J connectivity index is 1.32. The number of benzene rings is 2. The predicted octanol–water partition coefficient (Wildman–Crippen LogP) is 4.03. The van der Waals surface area contributed by atoms with Crippen LogP contribution < -0.4 is 4.74 Å². The molecule has 2 aromatic carbocycles. The Labute approximate surface area is 181 Å². The van der Waals surface area contributed by atoms with Gasteiger partial charge in [-0.2, -0.15) is 0 Å². The van der Waals surface area contributed by atoms with E-state index in [1.54, 1.807) is 48.3 Å². The molecule has 0 unspecified atom stereocenters. The molecule has 0 atom stereocenters. The number of ether oxygens (including phenoxy) is 1. The molecule has 3 rings (SSSR count). The van der Waals surface area contributed by atoms with Crippen molar-refractivity contribution in [1.82, 2.24) is 9.80 Å². The first-order chi connectivity index (χ1) is 14.5. The van der Waals surface area contributed by atoms with Gasteiger partial charge in [0.15, 0.2) is 0 Å². The van der Waals surface area contributed by atoms with Crippen molar-refractivity contribution in [2.45, 2.75) is 25.7 Å². The Bertz CT molecular complexity index is 879. The zero-order valence-corrected chi connectivity index (χ0v) is 17.7. The highest BCUT2D eigenvalue weighted by atomic mass is 35.5. The molecule has 1 heterocycles. The Morgan fingerprint density at radius 3 is 2.23 bits per heavy atom. The van der Waals surface area contributed by atoms with Crippen molar-refractivity contribution in [1.29, 1.82) is 0 Å². The number of amides is 3. The number of rotatable bonds is 10. The van der Waals surface area contributed by atoms with Crippen molar-refractivity contribution >= 4 is 29.3 Å². The summed E-state index contributed by atoms with van der Waals surface area (Å²) >= 11 is 5.84. The molecule has 0 spiro atoms. The van der Waals surface area contributed by atoms with Gasteiger partial charge < -0.3 is 9.64 Å². The quantitative estimate of drug-likeness (QED) is 0.423. The van der Waals surface area contributed by atoms with Crippen LogP contribution in [0.4, 0.5) is 0 Å². The lowest BCUT2D eigenvalue weighted by Gasteiger charge is -2.18. The highest BCUT2D eigenvalue weighted by molar-refractivity contribution is 6.30. The molecule has 0 fully saturated rings. The molecular weight excluding hydrogens is 404 g/mol. The van der Waals surface area contributed by atoms with E-state index < -0.39 is 0 Å². The molecule has 6 nitrogen and oxygen atoms in total. The fourth-order valence-electron chi connectivity index (χ4n) is 3.32. The van der Waals surface area contributed by atoms with E-state index in [1.807, 2.05) is 12.1 Å². The predicted molar refractivity (Wildman–Crippen MR) is 115 cm³/mol. The van der Waals surface area contributed by atoms with E-state index in [1.165, 1.54) is 4.90 Å². The first-order valence-corrected chi connectivity index (χ1v) is 10.4. The summed E-state index contributed by atoms with van der Waals surface area (Å²) < 4.78 is 5.64. The van der Waals surface area contributed by atoms with Crippen molar-refractivity contribution in [3.8, 4) is 5.75 Å². The second-order valence-corrected chi connectivity index (χ2v) is 7.67. The van der Waals surface area contributed by atoms with E-state index in [9.17, 15) is 14.4 Å². The highest BCUT2D eigenvalue weighted by Gasteiger charge is 2.34. The third-order valence-corrected chi connectivity index (χ3v) is 5.30. The van der Waals surface area contributed by atoms with E-state index >= 15 is 0 Å². The zero-order chi connectivity index (χ0) is 21.5. The summed E-state index contributed by atoms with van der Waals surface area (Å²) in [6, 6.07) is 14.0. The summed E-state index contributed by atoms with van der Waals surface area (Å²) in [7, 11) is 1.77. The molecule has 0 N–H and O–H groups in total. The summed E-state index contributed by atoms with van der Waals surface area (Å²) in [6.07, 6.45) is 2.41. The van der Waals surface area contributed by atoms with Gasteiger partial charge in [0.25, 0.3) is 11.8 Å². The molecule has 158 valence electrons. The molecule has 1 aliphatic heterocycles. The lowest BCUT2D eigenvalue weighted by molar-refractivity contribution is -0.130. The second-order valence-electron chi connectivity index (χ2n) is 7.24. The monoisotopic (exact) mass is 428 g/mol. The van der Waals surface area contributed by atoms with Crippen LogP contribution in [0.1, 0.15) is 46.4 Å². The third kappa shape index (κ3) is 5.39. The fourth-order valence-corrected chi connectivity index (χ4v) is 3.44. The minimum absolute atomic E-state index is 0.00484. The fraction of sp³-hybridized carbons (Fsp3) is 0.348. The van der Waals surface area contributed by atoms with Crippen molar-refractivity contribution in [2.75, 3.05) is 26.7 Å². The van der Waals surface area contributed by atoms with Gasteiger partial charge >= 0.3 is 0 Å². The molecule has 0 radical (unpaired) electrons. The van der Waals surface area contributed by atoms with E-state index in [0.717, 1.165) is 18.6 Å². The molecule has 0 saturated heterocycles. The Morgan fingerprint density at radius 1 is 0.967 bits per heavy atom. The van der Waals surface area contributed by atoms with Crippen LogP contribution in [0.5, 0.6) is 5.75 Å². The van der Waals surface area contributed by atoms with Crippen LogP contribution in [0.3, 0.4) is 0 Å². The van der Waals surface area contributed by atoms with E-state index in [0.29, 0.717) is 42.1 Å². The number of fused-ring (bicyclic) bond motifs is 1. The van der Waals surface area contributed by atoms with Gasteiger partial charge in [0, 0.05) is 31.6 Å². The lowest BCUT2D eigenvalue weighted by atomic mass is 10.1. The maximum Gasteiger partial charge on any atom is 0.261 e. The van der Waals surface area contributed by atoms with E-state index in [-0.39, 0.29) is 24.3 Å². The third-order valence-electron chi connectivity index (χ3n) is 5.05. The number of hydrogen-bond donors (Lipinski definition) is 0. The van der Waals surface area contributed by atoms with Crippen molar-refractivity contribution < 1.29 is 19.1 Å². The summed E-state index contributed by atoms with van der Waals surface area (Å²) in [6.45, 7) is 1.46. The van der Waals surface area contributed by atoms with Crippen molar-refractivity contribution in [2.24, 2.45) is 0 Å². The summed E-state index contributed by atoms with van der Waals surface area (Å²) in [4.78, 5) is 39.9. The molecule has 0 bridgehead atoms. The van der Waals surface area contributed by atoms with Crippen LogP contribution in [-0.4, -0.2) is 54.3 Å². The number of unbranched alkanes of at least 4 members (excludes halogenated alkanes) is 1. The number of halogens is 1. The highest BCUT2D eigenvalue weighted by Crippen LogP contribution is 2.22. The summed E-state index contributed by atoms with van der Waals surface area (Å²) in [5.74, 6) is 0.219. The van der Waals surface area contributed by atoms with Gasteiger partial charge in [-0.05, 0) is 55.7 Å². The molecule has 7 heteroatoms. The van der Waals surface area contributed by atoms with Gasteiger partial charge in [0.05, 0.1) is 17.7 Å². The van der Waals surface area contributed by atoms with Crippen LogP contribution in [0.15, 0.2) is 48.5 Å². The Kier molecular flexibility index (Phi) is 7.46. The standard InChI is InChI=1S/C23H25ClN2O4/c1-25(14-4-5-16-30-18-12-10-17(24)11-13-18)21(27)9-6-15-26-22(28)19-7-2-3-8-20(19)23(26)29/h2-3,7-8,10-13H,4-6,9,14-16H2,1H3. The minimum atomic E-state index is -0.280. The van der Waals surface area contributed by atoms with Gasteiger partial charge in [-0.15, -0.1) is 0 Å². The van der Waals surface area contributed by atoms with Gasteiger partial charge in [0.1, 0.15) is 5.75 Å². The average molecular weight is 429 g/mol. The van der Waals surface area contributed by atoms with Gasteiger partial charge in [-0.1, -0.05) is 23.7 Å². The molecule has 1 aliphatic rings. The number of carbonyl (C=O) groups is 3. The minimum Gasteiger partial charge on any atom is -0.494 e. The Hall–Kier alpha value is -2.86. The van der Waals surface area contributed by atoms with Gasteiger partial charge in [-0.3, -0.25) is 19.3 Å².